The average molecular weight is 366 g/mol. The predicted molar refractivity (Wildman–Crippen MR) is 106 cm³/mol. The molecule has 1 aliphatic rings. The van der Waals surface area contributed by atoms with E-state index < -0.39 is 0 Å². The van der Waals surface area contributed by atoms with Crippen LogP contribution in [0.2, 0.25) is 0 Å². The molecule has 0 radical (unpaired) electrons. The Bertz CT molecular complexity index is 768. The van der Waals surface area contributed by atoms with Crippen molar-refractivity contribution >= 4 is 17.5 Å². The fraction of sp³-hybridized carbons (Fsp3) is 0.364. The lowest BCUT2D eigenvalue weighted by molar-refractivity contribution is -0.897. The molecule has 2 aromatic carbocycles. The Morgan fingerprint density at radius 1 is 1.00 bits per heavy atom. The van der Waals surface area contributed by atoms with Crippen molar-refractivity contribution in [2.45, 2.75) is 26.3 Å². The van der Waals surface area contributed by atoms with Crippen LogP contribution in [0.1, 0.15) is 24.0 Å². The van der Waals surface area contributed by atoms with Gasteiger partial charge in [0, 0.05) is 31.0 Å². The number of piperidine rings is 1. The van der Waals surface area contributed by atoms with E-state index in [9.17, 15) is 9.59 Å². The van der Waals surface area contributed by atoms with Gasteiger partial charge in [-0.05, 0) is 30.2 Å². The maximum atomic E-state index is 12.4. The lowest BCUT2D eigenvalue weighted by Crippen LogP contribution is -3.14. The second kappa shape index (κ2) is 9.33. The number of likely N-dealkylation sites (tertiary alicyclic amines) is 1. The number of rotatable bonds is 6. The number of hydrogen-bond acceptors (Lipinski definition) is 2. The third-order valence-corrected chi connectivity index (χ3v) is 5.25. The third kappa shape index (κ3) is 5.66. The summed E-state index contributed by atoms with van der Waals surface area (Å²) < 4.78 is 0. The zero-order valence-corrected chi connectivity index (χ0v) is 15.8. The summed E-state index contributed by atoms with van der Waals surface area (Å²) in [6, 6.07) is 17.6. The fourth-order valence-electron chi connectivity index (χ4n) is 3.52. The molecule has 3 N–H and O–H groups in total. The van der Waals surface area contributed by atoms with Crippen molar-refractivity contribution in [3.63, 3.8) is 0 Å². The van der Waals surface area contributed by atoms with Crippen LogP contribution in [0, 0.1) is 12.8 Å². The Balaban J connectivity index is 1.39. The van der Waals surface area contributed by atoms with Crippen LogP contribution in [-0.2, 0) is 16.1 Å². The number of aryl methyl sites for hydroxylation is 1. The molecule has 0 bridgehead atoms. The third-order valence-electron chi connectivity index (χ3n) is 5.25. The molecule has 142 valence electrons. The van der Waals surface area contributed by atoms with Gasteiger partial charge in [0.05, 0.1) is 13.1 Å². The molecule has 0 unspecified atom stereocenters. The number of para-hydroxylation sites is 1. The first-order chi connectivity index (χ1) is 13.1. The minimum absolute atomic E-state index is 0.0315. The Morgan fingerprint density at radius 2 is 1.67 bits per heavy atom. The van der Waals surface area contributed by atoms with Crippen LogP contribution < -0.4 is 15.5 Å². The molecular weight excluding hydrogens is 338 g/mol. The highest BCUT2D eigenvalue weighted by Gasteiger charge is 2.28. The molecule has 1 fully saturated rings. The van der Waals surface area contributed by atoms with Crippen LogP contribution in [0.25, 0.3) is 0 Å². The van der Waals surface area contributed by atoms with E-state index in [1.54, 1.807) is 0 Å². The number of quaternary nitrogens is 1. The topological polar surface area (TPSA) is 62.6 Å². The maximum Gasteiger partial charge on any atom is 0.275 e. The van der Waals surface area contributed by atoms with Crippen molar-refractivity contribution in [2.24, 2.45) is 5.92 Å². The van der Waals surface area contributed by atoms with E-state index in [1.807, 2.05) is 48.5 Å². The molecule has 3 rings (SSSR count). The van der Waals surface area contributed by atoms with Gasteiger partial charge in [-0.1, -0.05) is 42.5 Å². The van der Waals surface area contributed by atoms with Gasteiger partial charge in [0.15, 0.2) is 6.54 Å². The zero-order valence-electron chi connectivity index (χ0n) is 15.8. The summed E-state index contributed by atoms with van der Waals surface area (Å²) in [5.41, 5.74) is 3.18. The molecule has 0 spiro atoms. The number of amides is 2. The van der Waals surface area contributed by atoms with Gasteiger partial charge in [-0.25, -0.2) is 0 Å². The van der Waals surface area contributed by atoms with Gasteiger partial charge >= 0.3 is 0 Å². The Morgan fingerprint density at radius 3 is 2.37 bits per heavy atom. The van der Waals surface area contributed by atoms with Gasteiger partial charge in [0.25, 0.3) is 5.91 Å². The second-order valence-electron chi connectivity index (χ2n) is 7.26. The van der Waals surface area contributed by atoms with E-state index in [4.69, 9.17) is 0 Å². The summed E-state index contributed by atoms with van der Waals surface area (Å²) in [5.74, 6) is 0.189. The van der Waals surface area contributed by atoms with E-state index in [1.165, 1.54) is 10.5 Å². The largest absolute Gasteiger partial charge is 0.347 e. The van der Waals surface area contributed by atoms with Gasteiger partial charge < -0.3 is 15.5 Å². The molecule has 27 heavy (non-hydrogen) atoms. The molecule has 2 amide bonds. The molecule has 2 aromatic rings. The minimum Gasteiger partial charge on any atom is -0.347 e. The van der Waals surface area contributed by atoms with E-state index in [2.05, 4.69) is 23.6 Å². The fourth-order valence-corrected chi connectivity index (χ4v) is 3.52. The molecule has 1 aliphatic heterocycles. The highest BCUT2D eigenvalue weighted by atomic mass is 16.2. The van der Waals surface area contributed by atoms with Crippen molar-refractivity contribution in [3.8, 4) is 0 Å². The molecule has 5 heteroatoms. The predicted octanol–water partition coefficient (Wildman–Crippen LogP) is 1.54. The molecule has 0 aliphatic carbocycles. The summed E-state index contributed by atoms with van der Waals surface area (Å²) in [5, 5.41) is 6.00. The Labute approximate surface area is 160 Å². The van der Waals surface area contributed by atoms with Crippen molar-refractivity contribution < 1.29 is 14.5 Å². The van der Waals surface area contributed by atoms with Gasteiger partial charge in [-0.2, -0.15) is 0 Å². The van der Waals surface area contributed by atoms with Gasteiger partial charge in [0.2, 0.25) is 5.91 Å². The number of nitrogens with one attached hydrogen (secondary N) is 3. The van der Waals surface area contributed by atoms with E-state index in [-0.39, 0.29) is 17.7 Å². The molecule has 0 aromatic heterocycles. The van der Waals surface area contributed by atoms with Crippen LogP contribution >= 0.6 is 0 Å². The van der Waals surface area contributed by atoms with Crippen LogP contribution in [0.5, 0.6) is 0 Å². The molecule has 0 saturated carbocycles. The molecule has 5 nitrogen and oxygen atoms in total. The van der Waals surface area contributed by atoms with Crippen LogP contribution in [0.15, 0.2) is 54.6 Å². The quantitative estimate of drug-likeness (QED) is 0.726. The van der Waals surface area contributed by atoms with Crippen molar-refractivity contribution in [1.29, 1.82) is 0 Å². The second-order valence-corrected chi connectivity index (χ2v) is 7.26. The van der Waals surface area contributed by atoms with Gasteiger partial charge in [-0.3, -0.25) is 9.59 Å². The first-order valence-corrected chi connectivity index (χ1v) is 9.62. The number of hydrogen-bond donors (Lipinski definition) is 3. The highest BCUT2D eigenvalue weighted by Crippen LogP contribution is 2.14. The minimum atomic E-state index is 0.0315. The normalized spacial score (nSPS) is 19.3. The summed E-state index contributed by atoms with van der Waals surface area (Å²) >= 11 is 0. The number of carbonyl (C=O) groups is 2. The molecule has 0 atom stereocenters. The first kappa shape index (κ1) is 19.1. The highest BCUT2D eigenvalue weighted by molar-refractivity contribution is 5.92. The lowest BCUT2D eigenvalue weighted by Gasteiger charge is -2.28. The average Bonchev–Trinajstić information content (AvgIpc) is 2.69. The van der Waals surface area contributed by atoms with E-state index in [0.29, 0.717) is 13.1 Å². The van der Waals surface area contributed by atoms with Crippen molar-refractivity contribution in [2.75, 3.05) is 25.0 Å². The summed E-state index contributed by atoms with van der Waals surface area (Å²) in [7, 11) is 0. The standard InChI is InChI=1S/C22H27N3O2/c1-17-7-5-6-8-19(17)15-23-21(26)16-25-13-11-18(12-14-25)22(27)24-20-9-3-2-4-10-20/h2-10,18H,11-16H2,1H3,(H,23,26)(H,24,27)/p+1. The monoisotopic (exact) mass is 366 g/mol. The molecular formula is C22H28N3O2+. The number of anilines is 1. The van der Waals surface area contributed by atoms with Crippen LogP contribution in [-0.4, -0.2) is 31.4 Å². The van der Waals surface area contributed by atoms with Gasteiger partial charge in [-0.15, -0.1) is 0 Å². The number of carbonyl (C=O) groups excluding carboxylic acids is 2. The van der Waals surface area contributed by atoms with Crippen LogP contribution in [0.4, 0.5) is 5.69 Å². The van der Waals surface area contributed by atoms with Crippen LogP contribution in [0.3, 0.4) is 0 Å². The smallest absolute Gasteiger partial charge is 0.275 e. The summed E-state index contributed by atoms with van der Waals surface area (Å²) in [6.07, 6.45) is 1.64. The Kier molecular flexibility index (Phi) is 6.60. The lowest BCUT2D eigenvalue weighted by atomic mass is 9.96. The molecule has 1 heterocycles. The summed E-state index contributed by atoms with van der Waals surface area (Å²) in [6.45, 7) is 4.80. The zero-order chi connectivity index (χ0) is 19.1. The van der Waals surface area contributed by atoms with Crippen molar-refractivity contribution in [1.82, 2.24) is 5.32 Å². The molecule has 1 saturated heterocycles. The van der Waals surface area contributed by atoms with E-state index >= 15 is 0 Å². The van der Waals surface area contributed by atoms with Gasteiger partial charge in [0.1, 0.15) is 0 Å². The number of benzene rings is 2. The van der Waals surface area contributed by atoms with E-state index in [0.717, 1.165) is 37.2 Å². The van der Waals surface area contributed by atoms with Crippen molar-refractivity contribution in [3.05, 3.63) is 65.7 Å². The summed E-state index contributed by atoms with van der Waals surface area (Å²) in [4.78, 5) is 25.9. The maximum absolute atomic E-state index is 12.4. The SMILES string of the molecule is Cc1ccccc1CNC(=O)C[NH+]1CCC(C(=O)Nc2ccccc2)CC1. The first-order valence-electron chi connectivity index (χ1n) is 9.62. The Hall–Kier alpha value is -2.66.